The van der Waals surface area contributed by atoms with Crippen molar-refractivity contribution in [3.63, 3.8) is 0 Å². The van der Waals surface area contributed by atoms with Crippen molar-refractivity contribution in [2.45, 2.75) is 33.1 Å². The summed E-state index contributed by atoms with van der Waals surface area (Å²) in [6.45, 7) is 4.27. The average molecular weight is 239 g/mol. The van der Waals surface area contributed by atoms with Gasteiger partial charge in [-0.25, -0.2) is 0 Å². The fraction of sp³-hybridized carbons (Fsp3) is 0.312. The standard InChI is InChI=1S/C16H17NO/c1-11-5-3-6-14(12(11)2)17-10-9-13-15(17)7-4-8-16(13)18/h3,5-6,9-10H,4,7-8H2,1-2H3. The van der Waals surface area contributed by atoms with Gasteiger partial charge in [0, 0.05) is 29.6 Å². The van der Waals surface area contributed by atoms with Gasteiger partial charge in [-0.2, -0.15) is 0 Å². The first-order valence-corrected chi connectivity index (χ1v) is 6.48. The van der Waals surface area contributed by atoms with Gasteiger partial charge in [0.15, 0.2) is 5.78 Å². The van der Waals surface area contributed by atoms with Crippen LogP contribution in [0.3, 0.4) is 0 Å². The van der Waals surface area contributed by atoms with Crippen LogP contribution in [0.4, 0.5) is 0 Å². The first kappa shape index (κ1) is 11.3. The molecule has 1 heterocycles. The number of aryl methyl sites for hydroxylation is 1. The summed E-state index contributed by atoms with van der Waals surface area (Å²) in [4.78, 5) is 11.9. The van der Waals surface area contributed by atoms with Gasteiger partial charge in [0.05, 0.1) is 0 Å². The maximum absolute atomic E-state index is 11.9. The maximum Gasteiger partial charge on any atom is 0.164 e. The minimum Gasteiger partial charge on any atom is -0.320 e. The molecule has 0 aliphatic heterocycles. The molecule has 0 radical (unpaired) electrons. The fourth-order valence-corrected chi connectivity index (χ4v) is 2.75. The zero-order chi connectivity index (χ0) is 12.7. The van der Waals surface area contributed by atoms with E-state index in [-0.39, 0.29) is 0 Å². The van der Waals surface area contributed by atoms with Crippen LogP contribution in [0.2, 0.25) is 0 Å². The van der Waals surface area contributed by atoms with Crippen LogP contribution in [-0.4, -0.2) is 10.4 Å². The third-order valence-corrected chi connectivity index (χ3v) is 3.95. The van der Waals surface area contributed by atoms with E-state index in [9.17, 15) is 4.79 Å². The van der Waals surface area contributed by atoms with Gasteiger partial charge in [0.25, 0.3) is 0 Å². The second-order valence-electron chi connectivity index (χ2n) is 5.04. The molecule has 3 rings (SSSR count). The van der Waals surface area contributed by atoms with Crippen molar-refractivity contribution >= 4 is 5.78 Å². The van der Waals surface area contributed by atoms with Gasteiger partial charge in [-0.05, 0) is 49.9 Å². The number of hydrogen-bond donors (Lipinski definition) is 0. The highest BCUT2D eigenvalue weighted by Crippen LogP contribution is 2.27. The number of carbonyl (C=O) groups is 1. The van der Waals surface area contributed by atoms with E-state index in [1.165, 1.54) is 22.5 Å². The Hall–Kier alpha value is -1.83. The lowest BCUT2D eigenvalue weighted by Gasteiger charge is -2.17. The molecule has 92 valence electrons. The largest absolute Gasteiger partial charge is 0.320 e. The number of hydrogen-bond acceptors (Lipinski definition) is 1. The Bertz CT molecular complexity index is 622. The Balaban J connectivity index is 2.19. The topological polar surface area (TPSA) is 22.0 Å². The van der Waals surface area contributed by atoms with E-state index in [1.807, 2.05) is 12.3 Å². The van der Waals surface area contributed by atoms with E-state index in [0.717, 1.165) is 18.4 Å². The summed E-state index contributed by atoms with van der Waals surface area (Å²) in [6.07, 6.45) is 4.71. The van der Waals surface area contributed by atoms with E-state index < -0.39 is 0 Å². The fourth-order valence-electron chi connectivity index (χ4n) is 2.75. The molecule has 18 heavy (non-hydrogen) atoms. The van der Waals surface area contributed by atoms with E-state index in [2.05, 4.69) is 36.6 Å². The minimum absolute atomic E-state index is 0.292. The molecule has 0 bridgehead atoms. The molecule has 0 amide bonds. The molecule has 0 fully saturated rings. The molecule has 2 aromatic rings. The summed E-state index contributed by atoms with van der Waals surface area (Å²) in [5.74, 6) is 0.292. The van der Waals surface area contributed by atoms with Crippen molar-refractivity contribution in [2.24, 2.45) is 0 Å². The summed E-state index contributed by atoms with van der Waals surface area (Å²) in [5.41, 5.74) is 5.87. The second-order valence-corrected chi connectivity index (χ2v) is 5.04. The van der Waals surface area contributed by atoms with Crippen molar-refractivity contribution in [3.05, 3.63) is 52.8 Å². The van der Waals surface area contributed by atoms with Crippen LogP contribution in [0.25, 0.3) is 5.69 Å². The van der Waals surface area contributed by atoms with Crippen molar-refractivity contribution in [1.82, 2.24) is 4.57 Å². The van der Waals surface area contributed by atoms with Crippen molar-refractivity contribution in [3.8, 4) is 5.69 Å². The van der Waals surface area contributed by atoms with Crippen LogP contribution in [0, 0.1) is 13.8 Å². The van der Waals surface area contributed by atoms with Crippen LogP contribution in [0.15, 0.2) is 30.5 Å². The number of Topliss-reactive ketones (excluding diaryl/α,β-unsaturated/α-hetero) is 1. The Morgan fingerprint density at radius 3 is 2.78 bits per heavy atom. The monoisotopic (exact) mass is 239 g/mol. The van der Waals surface area contributed by atoms with Crippen LogP contribution in [-0.2, 0) is 6.42 Å². The van der Waals surface area contributed by atoms with Gasteiger partial charge in [-0.1, -0.05) is 12.1 Å². The molecule has 2 heteroatoms. The highest BCUT2D eigenvalue weighted by Gasteiger charge is 2.21. The summed E-state index contributed by atoms with van der Waals surface area (Å²) >= 11 is 0. The third kappa shape index (κ3) is 1.60. The van der Waals surface area contributed by atoms with Gasteiger partial charge in [-0.3, -0.25) is 4.79 Å². The second kappa shape index (κ2) is 4.13. The highest BCUT2D eigenvalue weighted by atomic mass is 16.1. The number of benzene rings is 1. The molecular weight excluding hydrogens is 222 g/mol. The third-order valence-electron chi connectivity index (χ3n) is 3.95. The lowest BCUT2D eigenvalue weighted by atomic mass is 9.96. The Kier molecular flexibility index (Phi) is 2.58. The first-order chi connectivity index (χ1) is 8.68. The van der Waals surface area contributed by atoms with Crippen LogP contribution in [0.5, 0.6) is 0 Å². The zero-order valence-electron chi connectivity index (χ0n) is 10.9. The summed E-state index contributed by atoms with van der Waals surface area (Å²) < 4.78 is 2.19. The lowest BCUT2D eigenvalue weighted by molar-refractivity contribution is 0.0972. The lowest BCUT2D eigenvalue weighted by Crippen LogP contribution is -2.12. The molecule has 0 spiro atoms. The quantitative estimate of drug-likeness (QED) is 0.745. The van der Waals surface area contributed by atoms with Crippen LogP contribution in [0.1, 0.15) is 40.0 Å². The number of aromatic nitrogens is 1. The Morgan fingerprint density at radius 1 is 1.11 bits per heavy atom. The molecule has 0 atom stereocenters. The molecule has 0 saturated heterocycles. The van der Waals surface area contributed by atoms with Gasteiger partial charge >= 0.3 is 0 Å². The normalized spacial score (nSPS) is 14.7. The van der Waals surface area contributed by atoms with E-state index >= 15 is 0 Å². The summed E-state index contributed by atoms with van der Waals surface area (Å²) in [7, 11) is 0. The van der Waals surface area contributed by atoms with Gasteiger partial charge < -0.3 is 4.57 Å². The molecule has 0 saturated carbocycles. The predicted molar refractivity (Wildman–Crippen MR) is 72.5 cm³/mol. The SMILES string of the molecule is Cc1cccc(-n2ccc3c2CCCC3=O)c1C. The maximum atomic E-state index is 11.9. The molecule has 1 aliphatic carbocycles. The highest BCUT2D eigenvalue weighted by molar-refractivity contribution is 5.98. The molecule has 0 N–H and O–H groups in total. The molecule has 1 aliphatic rings. The first-order valence-electron chi connectivity index (χ1n) is 6.48. The van der Waals surface area contributed by atoms with Crippen LogP contribution >= 0.6 is 0 Å². The number of carbonyl (C=O) groups excluding carboxylic acids is 1. The number of ketones is 1. The van der Waals surface area contributed by atoms with Gasteiger partial charge in [0.2, 0.25) is 0 Å². The molecular formula is C16H17NO. The molecule has 1 aromatic heterocycles. The summed E-state index contributed by atoms with van der Waals surface area (Å²) in [5, 5.41) is 0. The van der Waals surface area contributed by atoms with Crippen molar-refractivity contribution in [2.75, 3.05) is 0 Å². The van der Waals surface area contributed by atoms with E-state index in [1.54, 1.807) is 0 Å². The molecule has 2 nitrogen and oxygen atoms in total. The molecule has 0 unspecified atom stereocenters. The number of rotatable bonds is 1. The Morgan fingerprint density at radius 2 is 1.94 bits per heavy atom. The Labute approximate surface area is 107 Å². The van der Waals surface area contributed by atoms with Crippen molar-refractivity contribution in [1.29, 1.82) is 0 Å². The molecule has 1 aromatic carbocycles. The summed E-state index contributed by atoms with van der Waals surface area (Å²) in [6, 6.07) is 8.30. The smallest absolute Gasteiger partial charge is 0.164 e. The van der Waals surface area contributed by atoms with Gasteiger partial charge in [0.1, 0.15) is 0 Å². The van der Waals surface area contributed by atoms with Gasteiger partial charge in [-0.15, -0.1) is 0 Å². The van der Waals surface area contributed by atoms with E-state index in [0.29, 0.717) is 12.2 Å². The minimum atomic E-state index is 0.292. The number of fused-ring (bicyclic) bond motifs is 1. The zero-order valence-corrected chi connectivity index (χ0v) is 10.9. The number of nitrogens with zero attached hydrogens (tertiary/aromatic N) is 1. The predicted octanol–water partition coefficient (Wildman–Crippen LogP) is 3.61. The van der Waals surface area contributed by atoms with E-state index in [4.69, 9.17) is 0 Å². The van der Waals surface area contributed by atoms with Crippen LogP contribution < -0.4 is 0 Å². The van der Waals surface area contributed by atoms with Crippen molar-refractivity contribution < 1.29 is 4.79 Å². The average Bonchev–Trinajstić information content (AvgIpc) is 2.78.